The van der Waals surface area contributed by atoms with Crippen molar-refractivity contribution in [3.63, 3.8) is 0 Å². The van der Waals surface area contributed by atoms with Gasteiger partial charge in [0, 0.05) is 13.2 Å². The third-order valence-corrected chi connectivity index (χ3v) is 1.80. The third kappa shape index (κ3) is 11.2. The molecule has 84 valence electrons. The predicted octanol–water partition coefficient (Wildman–Crippen LogP) is 2.24. The van der Waals surface area contributed by atoms with Crippen LogP contribution in [0.5, 0.6) is 0 Å². The average Bonchev–Trinajstić information content (AvgIpc) is 2.08. The Kier molecular flexibility index (Phi) is 8.33. The molecule has 0 aromatic rings. The summed E-state index contributed by atoms with van der Waals surface area (Å²) < 4.78 is 5.38. The minimum absolute atomic E-state index is 0.309. The number of unbranched alkanes of at least 4 members (excludes halogenated alkanes) is 3. The molecule has 0 saturated heterocycles. The molecule has 0 spiro atoms. The van der Waals surface area contributed by atoms with Crippen LogP contribution in [0.1, 0.15) is 39.5 Å². The summed E-state index contributed by atoms with van der Waals surface area (Å²) in [6.45, 7) is 5.41. The van der Waals surface area contributed by atoms with E-state index in [1.165, 1.54) is 0 Å². The van der Waals surface area contributed by atoms with Gasteiger partial charge in [0.15, 0.2) is 0 Å². The molecule has 0 atom stereocenters. The Morgan fingerprint density at radius 2 is 1.93 bits per heavy atom. The number of carbonyl (C=O) groups is 1. The second kappa shape index (κ2) is 8.81. The van der Waals surface area contributed by atoms with Gasteiger partial charge in [-0.2, -0.15) is 0 Å². The lowest BCUT2D eigenvalue weighted by Gasteiger charge is -2.06. The molecule has 0 aromatic heterocycles. The van der Waals surface area contributed by atoms with Crippen LogP contribution in [-0.4, -0.2) is 30.5 Å². The van der Waals surface area contributed by atoms with Crippen molar-refractivity contribution in [3.05, 3.63) is 0 Å². The number of ether oxygens (including phenoxy) is 1. The number of rotatable bonds is 8. The van der Waals surface area contributed by atoms with E-state index in [2.05, 4.69) is 5.32 Å². The Morgan fingerprint density at radius 3 is 2.50 bits per heavy atom. The molecular formula is C10H21NO3. The third-order valence-electron chi connectivity index (χ3n) is 1.80. The number of nitrogens with one attached hydrogen (secondary N) is 1. The van der Waals surface area contributed by atoms with Crippen LogP contribution in [0.4, 0.5) is 4.79 Å². The van der Waals surface area contributed by atoms with Crippen LogP contribution in [0, 0.1) is 0 Å². The van der Waals surface area contributed by atoms with Crippen molar-refractivity contribution in [2.24, 2.45) is 0 Å². The van der Waals surface area contributed by atoms with Crippen LogP contribution in [0.3, 0.4) is 0 Å². The second-order valence-electron chi connectivity index (χ2n) is 3.57. The first-order valence-corrected chi connectivity index (χ1v) is 5.21. The van der Waals surface area contributed by atoms with Gasteiger partial charge in [-0.1, -0.05) is 12.8 Å². The number of hydrogen-bond acceptors (Lipinski definition) is 2. The average molecular weight is 203 g/mol. The summed E-state index contributed by atoms with van der Waals surface area (Å²) >= 11 is 0. The summed E-state index contributed by atoms with van der Waals surface area (Å²) in [6.07, 6.45) is 3.51. The van der Waals surface area contributed by atoms with Crippen molar-refractivity contribution in [3.8, 4) is 0 Å². The number of hydrogen-bond donors (Lipinski definition) is 2. The van der Waals surface area contributed by atoms with Crippen molar-refractivity contribution >= 4 is 6.09 Å². The zero-order valence-electron chi connectivity index (χ0n) is 9.08. The van der Waals surface area contributed by atoms with Crippen LogP contribution in [0.25, 0.3) is 0 Å². The monoisotopic (exact) mass is 203 g/mol. The Bertz CT molecular complexity index is 148. The van der Waals surface area contributed by atoms with Gasteiger partial charge >= 0.3 is 6.09 Å². The fourth-order valence-electron chi connectivity index (χ4n) is 1.09. The Hall–Kier alpha value is -0.770. The van der Waals surface area contributed by atoms with Crippen molar-refractivity contribution < 1.29 is 14.6 Å². The van der Waals surface area contributed by atoms with Gasteiger partial charge < -0.3 is 15.2 Å². The van der Waals surface area contributed by atoms with Gasteiger partial charge in [0.25, 0.3) is 0 Å². The highest BCUT2D eigenvalue weighted by molar-refractivity contribution is 5.64. The summed E-state index contributed by atoms with van der Waals surface area (Å²) in [7, 11) is 0. The maximum atomic E-state index is 10.1. The minimum atomic E-state index is -0.937. The molecule has 4 heteroatoms. The summed E-state index contributed by atoms with van der Waals surface area (Å²) in [6, 6.07) is 0. The number of amides is 1. The predicted molar refractivity (Wildman–Crippen MR) is 55.6 cm³/mol. The fraction of sp³-hybridized carbons (Fsp3) is 0.900. The van der Waals surface area contributed by atoms with E-state index in [1.54, 1.807) is 0 Å². The Morgan fingerprint density at radius 1 is 1.29 bits per heavy atom. The molecule has 0 aliphatic rings. The van der Waals surface area contributed by atoms with E-state index in [4.69, 9.17) is 9.84 Å². The highest BCUT2D eigenvalue weighted by Crippen LogP contribution is 2.00. The molecule has 0 aromatic carbocycles. The first kappa shape index (κ1) is 13.2. The van der Waals surface area contributed by atoms with E-state index in [-0.39, 0.29) is 0 Å². The maximum Gasteiger partial charge on any atom is 0.404 e. The molecular weight excluding hydrogens is 182 g/mol. The van der Waals surface area contributed by atoms with Crippen molar-refractivity contribution in [1.82, 2.24) is 5.32 Å². The fourth-order valence-corrected chi connectivity index (χ4v) is 1.09. The van der Waals surface area contributed by atoms with Gasteiger partial charge in [-0.05, 0) is 26.7 Å². The van der Waals surface area contributed by atoms with Gasteiger partial charge in [0.2, 0.25) is 0 Å². The largest absolute Gasteiger partial charge is 0.465 e. The zero-order chi connectivity index (χ0) is 10.8. The quantitative estimate of drug-likeness (QED) is 0.595. The summed E-state index contributed by atoms with van der Waals surface area (Å²) in [5.74, 6) is 0. The van der Waals surface area contributed by atoms with Gasteiger partial charge in [0.05, 0.1) is 6.10 Å². The highest BCUT2D eigenvalue weighted by Gasteiger charge is 1.95. The molecule has 0 aliphatic carbocycles. The molecule has 0 radical (unpaired) electrons. The molecule has 0 rings (SSSR count). The first-order chi connectivity index (χ1) is 6.63. The lowest BCUT2D eigenvalue weighted by atomic mass is 10.2. The number of carboxylic acid groups (broad SMARTS) is 1. The smallest absolute Gasteiger partial charge is 0.404 e. The van der Waals surface area contributed by atoms with Crippen LogP contribution in [-0.2, 0) is 4.74 Å². The molecule has 0 unspecified atom stereocenters. The lowest BCUT2D eigenvalue weighted by molar-refractivity contribution is 0.0757. The molecule has 0 aliphatic heterocycles. The molecule has 1 amide bonds. The van der Waals surface area contributed by atoms with Crippen molar-refractivity contribution in [2.45, 2.75) is 45.6 Å². The van der Waals surface area contributed by atoms with Crippen molar-refractivity contribution in [1.29, 1.82) is 0 Å². The highest BCUT2D eigenvalue weighted by atomic mass is 16.5. The summed E-state index contributed by atoms with van der Waals surface area (Å²) in [4.78, 5) is 10.1. The standard InChI is InChI=1S/C10H21NO3/c1-9(2)14-8-6-4-3-5-7-11-10(12)13/h9,11H,3-8H2,1-2H3,(H,12,13). The Balaban J connectivity index is 2.96. The van der Waals surface area contributed by atoms with Crippen LogP contribution in [0.15, 0.2) is 0 Å². The van der Waals surface area contributed by atoms with E-state index >= 15 is 0 Å². The molecule has 0 heterocycles. The molecule has 14 heavy (non-hydrogen) atoms. The zero-order valence-corrected chi connectivity index (χ0v) is 9.08. The van der Waals surface area contributed by atoms with Crippen LogP contribution in [0.2, 0.25) is 0 Å². The van der Waals surface area contributed by atoms with E-state index in [9.17, 15) is 4.79 Å². The van der Waals surface area contributed by atoms with Gasteiger partial charge in [-0.25, -0.2) is 4.79 Å². The van der Waals surface area contributed by atoms with Crippen LogP contribution < -0.4 is 5.32 Å². The molecule has 2 N–H and O–H groups in total. The molecule has 0 saturated carbocycles. The maximum absolute atomic E-state index is 10.1. The molecule has 0 fully saturated rings. The van der Waals surface area contributed by atoms with Gasteiger partial charge in [-0.3, -0.25) is 0 Å². The van der Waals surface area contributed by atoms with Crippen molar-refractivity contribution in [2.75, 3.05) is 13.2 Å². The second-order valence-corrected chi connectivity index (χ2v) is 3.57. The summed E-state index contributed by atoms with van der Waals surface area (Å²) in [5, 5.41) is 10.6. The Labute approximate surface area is 85.6 Å². The van der Waals surface area contributed by atoms with E-state index in [0.29, 0.717) is 12.6 Å². The normalized spacial score (nSPS) is 10.5. The lowest BCUT2D eigenvalue weighted by Crippen LogP contribution is -2.21. The van der Waals surface area contributed by atoms with E-state index in [0.717, 1.165) is 32.3 Å². The SMILES string of the molecule is CC(C)OCCCCCCNC(=O)O. The topological polar surface area (TPSA) is 58.6 Å². The minimum Gasteiger partial charge on any atom is -0.465 e. The summed E-state index contributed by atoms with van der Waals surface area (Å²) in [5.41, 5.74) is 0. The first-order valence-electron chi connectivity index (χ1n) is 5.21. The van der Waals surface area contributed by atoms with Crippen LogP contribution >= 0.6 is 0 Å². The van der Waals surface area contributed by atoms with Gasteiger partial charge in [-0.15, -0.1) is 0 Å². The van der Waals surface area contributed by atoms with Gasteiger partial charge in [0.1, 0.15) is 0 Å². The van der Waals surface area contributed by atoms with E-state index < -0.39 is 6.09 Å². The van der Waals surface area contributed by atoms with E-state index in [1.807, 2.05) is 13.8 Å². The molecule has 4 nitrogen and oxygen atoms in total. The molecule has 0 bridgehead atoms.